The standard InChI is InChI=1S/C11H7Br3N2O/c1-17-6-2-3-8(12)7(4-6)11-15-9(13)5-10(14)16-11/h2-5H,1H3. The highest BCUT2D eigenvalue weighted by atomic mass is 79.9. The number of hydrogen-bond acceptors (Lipinski definition) is 3. The van der Waals surface area contributed by atoms with E-state index in [0.717, 1.165) is 25.0 Å². The summed E-state index contributed by atoms with van der Waals surface area (Å²) in [5, 5.41) is 0. The Labute approximate surface area is 124 Å². The SMILES string of the molecule is COc1ccc(Br)c(-c2nc(Br)cc(Br)n2)c1. The van der Waals surface area contributed by atoms with Crippen molar-refractivity contribution in [3.63, 3.8) is 0 Å². The highest BCUT2D eigenvalue weighted by Crippen LogP contribution is 2.31. The van der Waals surface area contributed by atoms with E-state index in [1.54, 1.807) is 13.2 Å². The maximum Gasteiger partial charge on any atom is 0.162 e. The lowest BCUT2D eigenvalue weighted by Gasteiger charge is -2.07. The van der Waals surface area contributed by atoms with E-state index in [4.69, 9.17) is 4.74 Å². The normalized spacial score (nSPS) is 10.4. The summed E-state index contributed by atoms with van der Waals surface area (Å²) < 4.78 is 7.56. The van der Waals surface area contributed by atoms with Crippen LogP contribution in [0.5, 0.6) is 5.75 Å². The zero-order valence-electron chi connectivity index (χ0n) is 8.75. The van der Waals surface area contributed by atoms with Crippen LogP contribution in [0.15, 0.2) is 37.9 Å². The second-order valence-corrected chi connectivity index (χ2v) is 5.66. The van der Waals surface area contributed by atoms with E-state index in [2.05, 4.69) is 57.8 Å². The Bertz CT molecular complexity index is 540. The van der Waals surface area contributed by atoms with E-state index >= 15 is 0 Å². The number of halogens is 3. The number of methoxy groups -OCH3 is 1. The van der Waals surface area contributed by atoms with Gasteiger partial charge in [0, 0.05) is 16.1 Å². The van der Waals surface area contributed by atoms with Gasteiger partial charge >= 0.3 is 0 Å². The van der Waals surface area contributed by atoms with Gasteiger partial charge < -0.3 is 4.74 Å². The Kier molecular flexibility index (Phi) is 4.17. The van der Waals surface area contributed by atoms with Crippen LogP contribution in [0.4, 0.5) is 0 Å². The molecule has 0 spiro atoms. The Hall–Kier alpha value is -0.460. The average molecular weight is 423 g/mol. The van der Waals surface area contributed by atoms with Crippen molar-refractivity contribution in [2.75, 3.05) is 7.11 Å². The Morgan fingerprint density at radius 3 is 2.24 bits per heavy atom. The molecule has 0 aliphatic carbocycles. The zero-order valence-corrected chi connectivity index (χ0v) is 13.5. The molecule has 2 rings (SSSR count). The number of benzene rings is 1. The molecular weight excluding hydrogens is 416 g/mol. The number of ether oxygens (including phenoxy) is 1. The molecule has 0 amide bonds. The largest absolute Gasteiger partial charge is 0.497 e. The molecule has 0 N–H and O–H groups in total. The Balaban J connectivity index is 2.58. The quantitative estimate of drug-likeness (QED) is 0.671. The molecule has 0 aliphatic heterocycles. The van der Waals surface area contributed by atoms with Crippen LogP contribution in [-0.2, 0) is 0 Å². The van der Waals surface area contributed by atoms with Crippen LogP contribution in [0.2, 0.25) is 0 Å². The first-order valence-electron chi connectivity index (χ1n) is 4.64. The van der Waals surface area contributed by atoms with Gasteiger partial charge in [0.2, 0.25) is 0 Å². The van der Waals surface area contributed by atoms with Crippen molar-refractivity contribution in [2.24, 2.45) is 0 Å². The lowest BCUT2D eigenvalue weighted by molar-refractivity contribution is 0.415. The molecule has 1 aromatic carbocycles. The van der Waals surface area contributed by atoms with Gasteiger partial charge in [0.25, 0.3) is 0 Å². The van der Waals surface area contributed by atoms with Gasteiger partial charge in [-0.1, -0.05) is 15.9 Å². The van der Waals surface area contributed by atoms with Crippen LogP contribution >= 0.6 is 47.8 Å². The molecule has 1 heterocycles. The molecule has 3 nitrogen and oxygen atoms in total. The third-order valence-corrected chi connectivity index (χ3v) is 3.58. The Morgan fingerprint density at radius 2 is 1.65 bits per heavy atom. The highest BCUT2D eigenvalue weighted by molar-refractivity contribution is 9.11. The Morgan fingerprint density at radius 1 is 1.00 bits per heavy atom. The molecule has 0 aliphatic rings. The molecule has 0 radical (unpaired) electrons. The molecule has 88 valence electrons. The van der Waals surface area contributed by atoms with Crippen molar-refractivity contribution in [1.82, 2.24) is 9.97 Å². The minimum Gasteiger partial charge on any atom is -0.497 e. The lowest BCUT2D eigenvalue weighted by Crippen LogP contribution is -1.92. The van der Waals surface area contributed by atoms with Crippen molar-refractivity contribution in [2.45, 2.75) is 0 Å². The van der Waals surface area contributed by atoms with E-state index < -0.39 is 0 Å². The van der Waals surface area contributed by atoms with Gasteiger partial charge in [0.15, 0.2) is 5.82 Å². The molecule has 0 fully saturated rings. The van der Waals surface area contributed by atoms with Gasteiger partial charge in [0.05, 0.1) is 7.11 Å². The van der Waals surface area contributed by atoms with Gasteiger partial charge in [-0.25, -0.2) is 9.97 Å². The zero-order chi connectivity index (χ0) is 12.4. The number of rotatable bonds is 2. The van der Waals surface area contributed by atoms with Crippen molar-refractivity contribution < 1.29 is 4.74 Å². The number of hydrogen-bond donors (Lipinski definition) is 0. The second kappa shape index (κ2) is 5.46. The summed E-state index contributed by atoms with van der Waals surface area (Å²) in [5.41, 5.74) is 0.881. The summed E-state index contributed by atoms with van der Waals surface area (Å²) in [6, 6.07) is 7.46. The van der Waals surface area contributed by atoms with Gasteiger partial charge in [0.1, 0.15) is 15.0 Å². The third-order valence-electron chi connectivity index (χ3n) is 2.08. The van der Waals surface area contributed by atoms with Crippen molar-refractivity contribution >= 4 is 47.8 Å². The fourth-order valence-corrected chi connectivity index (χ4v) is 2.81. The number of aromatic nitrogens is 2. The van der Waals surface area contributed by atoms with E-state index in [-0.39, 0.29) is 0 Å². The van der Waals surface area contributed by atoms with Gasteiger partial charge in [-0.15, -0.1) is 0 Å². The minimum atomic E-state index is 0.622. The maximum atomic E-state index is 5.19. The van der Waals surface area contributed by atoms with Gasteiger partial charge in [-0.05, 0) is 50.1 Å². The fourth-order valence-electron chi connectivity index (χ4n) is 1.31. The first-order valence-corrected chi connectivity index (χ1v) is 7.02. The molecule has 0 unspecified atom stereocenters. The fraction of sp³-hybridized carbons (Fsp3) is 0.0909. The van der Waals surface area contributed by atoms with E-state index in [1.165, 1.54) is 0 Å². The van der Waals surface area contributed by atoms with E-state index in [1.807, 2.05) is 18.2 Å². The molecule has 1 aromatic heterocycles. The summed E-state index contributed by atoms with van der Waals surface area (Å²) >= 11 is 10.2. The van der Waals surface area contributed by atoms with Crippen LogP contribution in [0.25, 0.3) is 11.4 Å². The van der Waals surface area contributed by atoms with Crippen molar-refractivity contribution in [3.8, 4) is 17.1 Å². The molecule has 0 saturated heterocycles. The second-order valence-electron chi connectivity index (χ2n) is 3.18. The predicted octanol–water partition coefficient (Wildman–Crippen LogP) is 4.44. The van der Waals surface area contributed by atoms with E-state index in [0.29, 0.717) is 5.82 Å². The third kappa shape index (κ3) is 3.05. The molecule has 2 aromatic rings. The van der Waals surface area contributed by atoms with Crippen LogP contribution in [-0.4, -0.2) is 17.1 Å². The summed E-state index contributed by atoms with van der Waals surface area (Å²) in [6.07, 6.45) is 0. The summed E-state index contributed by atoms with van der Waals surface area (Å²) in [7, 11) is 1.63. The predicted molar refractivity (Wildman–Crippen MR) is 77.1 cm³/mol. The molecule has 17 heavy (non-hydrogen) atoms. The topological polar surface area (TPSA) is 35.0 Å². The summed E-state index contributed by atoms with van der Waals surface area (Å²) in [5.74, 6) is 1.39. The van der Waals surface area contributed by atoms with Crippen LogP contribution in [0.1, 0.15) is 0 Å². The monoisotopic (exact) mass is 420 g/mol. The first-order chi connectivity index (χ1) is 8.10. The van der Waals surface area contributed by atoms with Crippen molar-refractivity contribution in [3.05, 3.63) is 37.9 Å². The average Bonchev–Trinajstić information content (AvgIpc) is 2.28. The van der Waals surface area contributed by atoms with Crippen LogP contribution in [0.3, 0.4) is 0 Å². The molecular formula is C11H7Br3N2O. The maximum absolute atomic E-state index is 5.19. The minimum absolute atomic E-state index is 0.622. The smallest absolute Gasteiger partial charge is 0.162 e. The molecule has 0 atom stereocenters. The lowest BCUT2D eigenvalue weighted by atomic mass is 10.2. The molecule has 0 bridgehead atoms. The van der Waals surface area contributed by atoms with Gasteiger partial charge in [-0.2, -0.15) is 0 Å². The van der Waals surface area contributed by atoms with Crippen LogP contribution < -0.4 is 4.74 Å². The molecule has 0 saturated carbocycles. The number of nitrogens with zero attached hydrogens (tertiary/aromatic N) is 2. The van der Waals surface area contributed by atoms with E-state index in [9.17, 15) is 0 Å². The highest BCUT2D eigenvalue weighted by Gasteiger charge is 2.09. The van der Waals surface area contributed by atoms with Gasteiger partial charge in [-0.3, -0.25) is 0 Å². The van der Waals surface area contributed by atoms with Crippen LogP contribution in [0, 0.1) is 0 Å². The summed E-state index contributed by atoms with van der Waals surface area (Å²) in [6.45, 7) is 0. The first kappa shape index (κ1) is 13.0. The van der Waals surface area contributed by atoms with Crippen molar-refractivity contribution in [1.29, 1.82) is 0 Å². The molecule has 6 heteroatoms. The summed E-state index contributed by atoms with van der Waals surface area (Å²) in [4.78, 5) is 8.66.